The first-order valence-corrected chi connectivity index (χ1v) is 8.49. The van der Waals surface area contributed by atoms with E-state index in [1.165, 1.54) is 4.31 Å². The van der Waals surface area contributed by atoms with Crippen LogP contribution in [0.25, 0.3) is 0 Å². The van der Waals surface area contributed by atoms with Gasteiger partial charge in [0.2, 0.25) is 15.9 Å². The Labute approximate surface area is 119 Å². The summed E-state index contributed by atoms with van der Waals surface area (Å²) in [6.45, 7) is 2.70. The fraction of sp³-hybridized carbons (Fsp3) is 0.833. The highest BCUT2D eigenvalue weighted by Crippen LogP contribution is 2.18. The third kappa shape index (κ3) is 5.46. The fourth-order valence-electron chi connectivity index (χ4n) is 2.25. The van der Waals surface area contributed by atoms with Crippen molar-refractivity contribution in [3.63, 3.8) is 0 Å². The van der Waals surface area contributed by atoms with Crippen LogP contribution in [0.15, 0.2) is 0 Å². The van der Waals surface area contributed by atoms with Crippen LogP contribution in [0.4, 0.5) is 0 Å². The molecule has 1 rings (SSSR count). The second-order valence-corrected chi connectivity index (χ2v) is 7.39. The second-order valence-electron chi connectivity index (χ2n) is 5.41. The van der Waals surface area contributed by atoms with E-state index in [2.05, 4.69) is 5.32 Å². The second kappa shape index (κ2) is 7.03. The molecule has 0 radical (unpaired) electrons. The van der Waals surface area contributed by atoms with Gasteiger partial charge in [-0.1, -0.05) is 6.92 Å². The van der Waals surface area contributed by atoms with Crippen molar-refractivity contribution in [3.05, 3.63) is 0 Å². The van der Waals surface area contributed by atoms with Crippen molar-refractivity contribution in [1.82, 2.24) is 9.62 Å². The summed E-state index contributed by atoms with van der Waals surface area (Å²) >= 11 is 0. The maximum Gasteiger partial charge on any atom is 0.303 e. The quantitative estimate of drug-likeness (QED) is 0.712. The molecular formula is C12H22N2O5S. The Balaban J connectivity index is 2.45. The predicted octanol–water partition coefficient (Wildman–Crippen LogP) is -0.115. The number of carboxylic acids is 1. The summed E-state index contributed by atoms with van der Waals surface area (Å²) in [4.78, 5) is 22.5. The lowest BCUT2D eigenvalue weighted by atomic mass is 9.98. The van der Waals surface area contributed by atoms with Crippen LogP contribution in [0.5, 0.6) is 0 Å². The molecule has 116 valence electrons. The number of rotatable bonds is 6. The molecule has 1 amide bonds. The number of nitrogens with zero attached hydrogens (tertiary/aromatic N) is 1. The van der Waals surface area contributed by atoms with Gasteiger partial charge in [0.1, 0.15) is 0 Å². The van der Waals surface area contributed by atoms with Crippen LogP contribution in [0.3, 0.4) is 0 Å². The number of nitrogens with one attached hydrogen (secondary N) is 1. The molecule has 0 bridgehead atoms. The summed E-state index contributed by atoms with van der Waals surface area (Å²) in [5.74, 6) is -1.59. The van der Waals surface area contributed by atoms with Crippen LogP contribution in [0.2, 0.25) is 0 Å². The zero-order valence-corrected chi connectivity index (χ0v) is 12.6. The Bertz CT molecular complexity index is 462. The van der Waals surface area contributed by atoms with Crippen LogP contribution < -0.4 is 5.32 Å². The Morgan fingerprint density at radius 3 is 2.65 bits per heavy atom. The van der Waals surface area contributed by atoms with Crippen LogP contribution in [0.1, 0.15) is 26.2 Å². The Morgan fingerprint density at radius 1 is 1.45 bits per heavy atom. The zero-order valence-electron chi connectivity index (χ0n) is 11.8. The van der Waals surface area contributed by atoms with Crippen LogP contribution in [0, 0.1) is 11.8 Å². The van der Waals surface area contributed by atoms with Gasteiger partial charge in [-0.2, -0.15) is 0 Å². The Hall–Kier alpha value is -1.15. The third-order valence-corrected chi connectivity index (χ3v) is 4.64. The maximum atomic E-state index is 12.0. The Kier molecular flexibility index (Phi) is 5.94. The molecule has 0 unspecified atom stereocenters. The minimum Gasteiger partial charge on any atom is -0.481 e. The van der Waals surface area contributed by atoms with Crippen molar-refractivity contribution in [2.75, 3.05) is 25.9 Å². The molecule has 7 nitrogen and oxygen atoms in total. The zero-order chi connectivity index (χ0) is 15.3. The lowest BCUT2D eigenvalue weighted by Crippen LogP contribution is -2.45. The highest BCUT2D eigenvalue weighted by molar-refractivity contribution is 7.88. The number of amides is 1. The highest BCUT2D eigenvalue weighted by atomic mass is 32.2. The van der Waals surface area contributed by atoms with E-state index >= 15 is 0 Å². The largest absolute Gasteiger partial charge is 0.481 e. The molecule has 1 saturated heterocycles. The smallest absolute Gasteiger partial charge is 0.303 e. The molecule has 2 N–H and O–H groups in total. The van der Waals surface area contributed by atoms with Gasteiger partial charge in [0.25, 0.3) is 0 Å². The number of carbonyl (C=O) groups excluding carboxylic acids is 1. The van der Waals surface area contributed by atoms with Gasteiger partial charge in [-0.15, -0.1) is 0 Å². The van der Waals surface area contributed by atoms with Crippen molar-refractivity contribution in [3.8, 4) is 0 Å². The minimum absolute atomic E-state index is 0.000408. The van der Waals surface area contributed by atoms with E-state index in [1.54, 1.807) is 6.92 Å². The highest BCUT2D eigenvalue weighted by Gasteiger charge is 2.30. The number of piperidine rings is 1. The van der Waals surface area contributed by atoms with Crippen LogP contribution in [-0.2, 0) is 19.6 Å². The van der Waals surface area contributed by atoms with Gasteiger partial charge in [-0.3, -0.25) is 9.59 Å². The van der Waals surface area contributed by atoms with E-state index in [0.29, 0.717) is 25.9 Å². The molecule has 1 aliphatic heterocycles. The molecule has 0 aliphatic carbocycles. The summed E-state index contributed by atoms with van der Waals surface area (Å²) in [5.41, 5.74) is 0. The number of carbonyl (C=O) groups is 2. The van der Waals surface area contributed by atoms with E-state index in [9.17, 15) is 18.0 Å². The molecule has 20 heavy (non-hydrogen) atoms. The first kappa shape index (κ1) is 16.9. The molecule has 1 aliphatic rings. The summed E-state index contributed by atoms with van der Waals surface area (Å²) in [5, 5.41) is 11.3. The lowest BCUT2D eigenvalue weighted by molar-refractivity contribution is -0.138. The lowest BCUT2D eigenvalue weighted by Gasteiger charge is -2.30. The van der Waals surface area contributed by atoms with Crippen molar-refractivity contribution in [1.29, 1.82) is 0 Å². The Morgan fingerprint density at radius 2 is 2.10 bits per heavy atom. The third-order valence-electron chi connectivity index (χ3n) is 3.37. The monoisotopic (exact) mass is 306 g/mol. The van der Waals surface area contributed by atoms with Crippen LogP contribution in [-0.4, -0.2) is 55.6 Å². The van der Waals surface area contributed by atoms with E-state index in [0.717, 1.165) is 6.26 Å². The van der Waals surface area contributed by atoms with Gasteiger partial charge in [0.05, 0.1) is 12.2 Å². The minimum atomic E-state index is -3.26. The van der Waals surface area contributed by atoms with E-state index < -0.39 is 16.0 Å². The molecule has 0 spiro atoms. The van der Waals surface area contributed by atoms with E-state index in [4.69, 9.17) is 5.11 Å². The maximum absolute atomic E-state index is 12.0. The normalized spacial score (nSPS) is 22.2. The predicted molar refractivity (Wildman–Crippen MR) is 73.6 cm³/mol. The first-order chi connectivity index (χ1) is 9.20. The summed E-state index contributed by atoms with van der Waals surface area (Å²) < 4.78 is 24.3. The number of hydrogen-bond donors (Lipinski definition) is 2. The number of sulfonamides is 1. The molecule has 0 aromatic heterocycles. The SMILES string of the molecule is C[C@H](CNC(=O)[C@@H]1CCCN(S(C)(=O)=O)C1)CC(=O)O. The summed E-state index contributed by atoms with van der Waals surface area (Å²) in [7, 11) is -3.26. The van der Waals surface area contributed by atoms with Gasteiger partial charge < -0.3 is 10.4 Å². The van der Waals surface area contributed by atoms with Crippen LogP contribution >= 0.6 is 0 Å². The molecule has 1 heterocycles. The van der Waals surface area contributed by atoms with Crippen molar-refractivity contribution >= 4 is 21.9 Å². The van der Waals surface area contributed by atoms with Crippen molar-refractivity contribution in [2.45, 2.75) is 26.2 Å². The first-order valence-electron chi connectivity index (χ1n) is 6.64. The van der Waals surface area contributed by atoms with Gasteiger partial charge in [0, 0.05) is 26.1 Å². The summed E-state index contributed by atoms with van der Waals surface area (Å²) in [6.07, 6.45) is 2.46. The van der Waals surface area contributed by atoms with Crippen molar-refractivity contribution in [2.24, 2.45) is 11.8 Å². The molecule has 0 aromatic rings. The van der Waals surface area contributed by atoms with E-state index in [1.807, 2.05) is 0 Å². The summed E-state index contributed by atoms with van der Waals surface area (Å²) in [6, 6.07) is 0. The van der Waals surface area contributed by atoms with Gasteiger partial charge in [-0.25, -0.2) is 12.7 Å². The number of hydrogen-bond acceptors (Lipinski definition) is 4. The fourth-order valence-corrected chi connectivity index (χ4v) is 3.16. The van der Waals surface area contributed by atoms with Gasteiger partial charge in [0.15, 0.2) is 0 Å². The molecule has 0 saturated carbocycles. The average molecular weight is 306 g/mol. The molecule has 1 fully saturated rings. The standard InChI is InChI=1S/C12H22N2O5S/c1-9(6-11(15)16)7-13-12(17)10-4-3-5-14(8-10)20(2,18)19/h9-10H,3-8H2,1-2H3,(H,13,17)(H,15,16)/t9-,10+/m0/s1. The van der Waals surface area contributed by atoms with Crippen molar-refractivity contribution < 1.29 is 23.1 Å². The molecule has 2 atom stereocenters. The number of aliphatic carboxylic acids is 1. The van der Waals surface area contributed by atoms with E-state index in [-0.39, 0.29) is 30.7 Å². The molecular weight excluding hydrogens is 284 g/mol. The average Bonchev–Trinajstić information content (AvgIpc) is 2.34. The van der Waals surface area contributed by atoms with Gasteiger partial charge in [-0.05, 0) is 18.8 Å². The molecule has 8 heteroatoms. The molecule has 0 aromatic carbocycles. The number of carboxylic acid groups (broad SMARTS) is 1. The van der Waals surface area contributed by atoms with Gasteiger partial charge >= 0.3 is 5.97 Å². The topological polar surface area (TPSA) is 104 Å².